The van der Waals surface area contributed by atoms with Crippen molar-refractivity contribution in [3.05, 3.63) is 95.7 Å². The highest BCUT2D eigenvalue weighted by molar-refractivity contribution is 5.77. The molecule has 0 aliphatic heterocycles. The number of amides is 1. The highest BCUT2D eigenvalue weighted by Gasteiger charge is 2.24. The minimum atomic E-state index is -0.191. The molecular weight excluding hydrogens is 388 g/mol. The smallest absolute Gasteiger partial charge is 0.221 e. The molecule has 31 heavy (non-hydrogen) atoms. The van der Waals surface area contributed by atoms with E-state index in [9.17, 15) is 4.79 Å². The second kappa shape index (κ2) is 9.43. The maximum Gasteiger partial charge on any atom is 0.221 e. The molecule has 1 N–H and O–H groups in total. The fraction of sp³-hybridized carbons (Fsp3) is 0.240. The van der Waals surface area contributed by atoms with Gasteiger partial charge in [-0.1, -0.05) is 24.3 Å². The number of para-hydroxylation sites is 1. The van der Waals surface area contributed by atoms with Gasteiger partial charge < -0.3 is 14.5 Å². The number of carbonyl (C=O) groups excluding carboxylic acids is 1. The Morgan fingerprint density at radius 3 is 2.77 bits per heavy atom. The van der Waals surface area contributed by atoms with Gasteiger partial charge in [-0.15, -0.1) is 0 Å². The molecule has 3 heterocycles. The molecule has 4 rings (SSSR count). The zero-order chi connectivity index (χ0) is 21.6. The normalized spacial score (nSPS) is 11.9. The summed E-state index contributed by atoms with van der Waals surface area (Å²) in [7, 11) is 1.65. The zero-order valence-electron chi connectivity index (χ0n) is 17.8. The lowest BCUT2D eigenvalue weighted by Crippen LogP contribution is -2.28. The van der Waals surface area contributed by atoms with E-state index in [2.05, 4.69) is 15.3 Å². The number of carbonyl (C=O) groups is 1. The van der Waals surface area contributed by atoms with E-state index in [0.29, 0.717) is 19.4 Å². The lowest BCUT2D eigenvalue weighted by atomic mass is 9.91. The van der Waals surface area contributed by atoms with Gasteiger partial charge in [-0.25, -0.2) is 4.98 Å². The van der Waals surface area contributed by atoms with Gasteiger partial charge in [-0.3, -0.25) is 9.78 Å². The van der Waals surface area contributed by atoms with Crippen LogP contribution in [0.15, 0.2) is 73.2 Å². The lowest BCUT2D eigenvalue weighted by Gasteiger charge is -2.20. The summed E-state index contributed by atoms with van der Waals surface area (Å²) in [6.45, 7) is 2.59. The van der Waals surface area contributed by atoms with Gasteiger partial charge in [0.1, 0.15) is 11.4 Å². The number of hydrogen-bond acceptors (Lipinski definition) is 4. The quantitative estimate of drug-likeness (QED) is 0.474. The molecule has 0 aliphatic carbocycles. The van der Waals surface area contributed by atoms with Gasteiger partial charge in [-0.05, 0) is 42.8 Å². The summed E-state index contributed by atoms with van der Waals surface area (Å²) in [5.41, 5.74) is 4.89. The lowest BCUT2D eigenvalue weighted by molar-refractivity contribution is -0.121. The summed E-state index contributed by atoms with van der Waals surface area (Å²) in [5, 5.41) is 3.04. The van der Waals surface area contributed by atoms with Crippen molar-refractivity contribution in [1.82, 2.24) is 19.7 Å². The number of pyridine rings is 2. The first kappa shape index (κ1) is 20.6. The van der Waals surface area contributed by atoms with Crippen LogP contribution in [0.1, 0.15) is 34.9 Å². The molecule has 1 amide bonds. The van der Waals surface area contributed by atoms with Crippen LogP contribution in [-0.4, -0.2) is 33.9 Å². The van der Waals surface area contributed by atoms with Crippen molar-refractivity contribution in [2.45, 2.75) is 25.7 Å². The molecule has 158 valence electrons. The molecule has 1 atom stereocenters. The predicted octanol–water partition coefficient (Wildman–Crippen LogP) is 3.93. The van der Waals surface area contributed by atoms with Crippen molar-refractivity contribution in [3.8, 4) is 5.75 Å². The Kier molecular flexibility index (Phi) is 6.26. The van der Waals surface area contributed by atoms with Crippen molar-refractivity contribution >= 4 is 11.6 Å². The van der Waals surface area contributed by atoms with E-state index in [1.165, 1.54) is 0 Å². The molecule has 4 aromatic rings. The highest BCUT2D eigenvalue weighted by Crippen LogP contribution is 2.34. The number of methoxy groups -OCH3 is 1. The molecular formula is C25H26N4O2. The third-order valence-electron chi connectivity index (χ3n) is 5.39. The molecule has 0 fully saturated rings. The predicted molar refractivity (Wildman–Crippen MR) is 120 cm³/mol. The van der Waals surface area contributed by atoms with Crippen LogP contribution < -0.4 is 10.1 Å². The maximum atomic E-state index is 12.9. The number of hydrogen-bond donors (Lipinski definition) is 1. The Morgan fingerprint density at radius 1 is 1.13 bits per heavy atom. The first-order valence-corrected chi connectivity index (χ1v) is 10.4. The van der Waals surface area contributed by atoms with Crippen LogP contribution in [0.2, 0.25) is 0 Å². The van der Waals surface area contributed by atoms with E-state index in [1.54, 1.807) is 13.3 Å². The number of benzene rings is 1. The van der Waals surface area contributed by atoms with E-state index in [-0.39, 0.29) is 11.8 Å². The number of aryl methyl sites for hydroxylation is 1. The molecule has 1 aromatic carbocycles. The Labute approximate surface area is 181 Å². The summed E-state index contributed by atoms with van der Waals surface area (Å²) >= 11 is 0. The van der Waals surface area contributed by atoms with Gasteiger partial charge in [0.25, 0.3) is 0 Å². The fourth-order valence-electron chi connectivity index (χ4n) is 3.82. The van der Waals surface area contributed by atoms with Gasteiger partial charge >= 0.3 is 0 Å². The first-order valence-electron chi connectivity index (χ1n) is 10.4. The van der Waals surface area contributed by atoms with Crippen LogP contribution in [0.3, 0.4) is 0 Å². The standard InChI is InChI=1S/C25H26N4O2/c1-18-11-14-29-22(17-28-24(29)15-18)21(20-8-3-4-9-23(20)31-2)16-25(30)27-13-10-19-7-5-6-12-26-19/h3-9,11-12,14-15,17,21H,10,13,16H2,1-2H3,(H,27,30). The number of imidazole rings is 1. The largest absolute Gasteiger partial charge is 0.496 e. The van der Waals surface area contributed by atoms with Crippen LogP contribution in [-0.2, 0) is 11.2 Å². The molecule has 0 aliphatic rings. The SMILES string of the molecule is COc1ccccc1C(CC(=O)NCCc1ccccn1)c1cnc2cc(C)ccn12. The fourth-order valence-corrected chi connectivity index (χ4v) is 3.82. The van der Waals surface area contributed by atoms with Crippen LogP contribution in [0.25, 0.3) is 5.65 Å². The number of aromatic nitrogens is 3. The molecule has 3 aromatic heterocycles. The second-order valence-electron chi connectivity index (χ2n) is 7.54. The Morgan fingerprint density at radius 2 is 1.97 bits per heavy atom. The Balaban J connectivity index is 1.59. The van der Waals surface area contributed by atoms with Gasteiger partial charge in [-0.2, -0.15) is 0 Å². The van der Waals surface area contributed by atoms with Gasteiger partial charge in [0.2, 0.25) is 5.91 Å². The maximum absolute atomic E-state index is 12.9. The average Bonchev–Trinajstić information content (AvgIpc) is 3.21. The van der Waals surface area contributed by atoms with Crippen molar-refractivity contribution in [2.24, 2.45) is 0 Å². The highest BCUT2D eigenvalue weighted by atomic mass is 16.5. The van der Waals surface area contributed by atoms with Crippen LogP contribution in [0.4, 0.5) is 0 Å². The van der Waals surface area contributed by atoms with E-state index < -0.39 is 0 Å². The Bertz CT molecular complexity index is 1170. The van der Waals surface area contributed by atoms with Crippen LogP contribution in [0.5, 0.6) is 5.75 Å². The number of nitrogens with zero attached hydrogens (tertiary/aromatic N) is 3. The molecule has 0 spiro atoms. The zero-order valence-corrected chi connectivity index (χ0v) is 17.8. The van der Waals surface area contributed by atoms with Crippen LogP contribution >= 0.6 is 0 Å². The molecule has 1 unspecified atom stereocenters. The minimum absolute atomic E-state index is 0.0195. The van der Waals surface area contributed by atoms with Crippen molar-refractivity contribution in [1.29, 1.82) is 0 Å². The van der Waals surface area contributed by atoms with Crippen molar-refractivity contribution in [3.63, 3.8) is 0 Å². The van der Waals surface area contributed by atoms with E-state index in [4.69, 9.17) is 4.74 Å². The molecule has 6 nitrogen and oxygen atoms in total. The van der Waals surface area contributed by atoms with Gasteiger partial charge in [0, 0.05) is 55.2 Å². The summed E-state index contributed by atoms with van der Waals surface area (Å²) in [4.78, 5) is 21.8. The molecule has 0 saturated carbocycles. The molecule has 6 heteroatoms. The number of fused-ring (bicyclic) bond motifs is 1. The van der Waals surface area contributed by atoms with Crippen molar-refractivity contribution < 1.29 is 9.53 Å². The summed E-state index contributed by atoms with van der Waals surface area (Å²) < 4.78 is 7.65. The van der Waals surface area contributed by atoms with Gasteiger partial charge in [0.15, 0.2) is 0 Å². The Hall–Kier alpha value is -3.67. The number of rotatable bonds is 8. The van der Waals surface area contributed by atoms with Crippen molar-refractivity contribution in [2.75, 3.05) is 13.7 Å². The van der Waals surface area contributed by atoms with Gasteiger partial charge in [0.05, 0.1) is 12.8 Å². The summed E-state index contributed by atoms with van der Waals surface area (Å²) in [5.74, 6) is 0.549. The second-order valence-corrected chi connectivity index (χ2v) is 7.54. The number of nitrogens with one attached hydrogen (secondary N) is 1. The monoisotopic (exact) mass is 414 g/mol. The van der Waals surface area contributed by atoms with E-state index in [0.717, 1.165) is 33.9 Å². The van der Waals surface area contributed by atoms with E-state index in [1.807, 2.05) is 78.3 Å². The molecule has 0 saturated heterocycles. The first-order chi connectivity index (χ1) is 15.2. The molecule has 0 radical (unpaired) electrons. The third kappa shape index (κ3) is 4.74. The summed E-state index contributed by atoms with van der Waals surface area (Å²) in [6.07, 6.45) is 6.62. The number of ether oxygens (including phenoxy) is 1. The minimum Gasteiger partial charge on any atom is -0.496 e. The third-order valence-corrected chi connectivity index (χ3v) is 5.39. The average molecular weight is 415 g/mol. The topological polar surface area (TPSA) is 68.5 Å². The van der Waals surface area contributed by atoms with Crippen LogP contribution in [0, 0.1) is 6.92 Å². The summed E-state index contributed by atoms with van der Waals surface area (Å²) in [6, 6.07) is 17.7. The van der Waals surface area contributed by atoms with E-state index >= 15 is 0 Å². The molecule has 0 bridgehead atoms.